The number of carbonyl (C=O) groups is 2. The third kappa shape index (κ3) is 4.57. The van der Waals surface area contributed by atoms with Crippen molar-refractivity contribution in [1.29, 1.82) is 0 Å². The Morgan fingerprint density at radius 2 is 2.05 bits per heavy atom. The van der Waals surface area contributed by atoms with E-state index in [0.717, 1.165) is 5.69 Å². The molecular formula is C14H15N3O3S. The molecule has 0 unspecified atom stereocenters. The summed E-state index contributed by atoms with van der Waals surface area (Å²) in [6, 6.07) is 6.99. The molecule has 1 aromatic carbocycles. The lowest BCUT2D eigenvalue weighted by Gasteiger charge is -2.15. The number of aromatic nitrogens is 1. The summed E-state index contributed by atoms with van der Waals surface area (Å²) in [5, 5.41) is 16.2. The number of hydrogen-bond donors (Lipinski definition) is 3. The van der Waals surface area contributed by atoms with E-state index in [4.69, 9.17) is 0 Å². The fourth-order valence-electron chi connectivity index (χ4n) is 1.78. The van der Waals surface area contributed by atoms with Crippen LogP contribution in [0.15, 0.2) is 41.2 Å². The van der Waals surface area contributed by atoms with Crippen molar-refractivity contribution in [2.75, 3.05) is 6.54 Å². The minimum atomic E-state index is -1.10. The summed E-state index contributed by atoms with van der Waals surface area (Å²) >= 11 is 1.49. The van der Waals surface area contributed by atoms with Crippen LogP contribution >= 0.6 is 11.3 Å². The number of hydrogen-bond acceptors (Lipinski definition) is 4. The zero-order valence-corrected chi connectivity index (χ0v) is 12.0. The first kappa shape index (κ1) is 15.0. The Morgan fingerprint density at radius 1 is 1.29 bits per heavy atom. The molecule has 0 fully saturated rings. The molecule has 0 spiro atoms. The summed E-state index contributed by atoms with van der Waals surface area (Å²) in [5.74, 6) is -1.10. The molecule has 0 aliphatic carbocycles. The van der Waals surface area contributed by atoms with Gasteiger partial charge in [-0.15, -0.1) is 11.3 Å². The highest BCUT2D eigenvalue weighted by molar-refractivity contribution is 7.07. The fraction of sp³-hybridized carbons (Fsp3) is 0.214. The zero-order valence-electron chi connectivity index (χ0n) is 11.2. The maximum Gasteiger partial charge on any atom is 0.330 e. The van der Waals surface area contributed by atoms with E-state index in [9.17, 15) is 14.7 Å². The summed E-state index contributed by atoms with van der Waals surface area (Å²) in [6.45, 7) is 0.399. The highest BCUT2D eigenvalue weighted by Gasteiger charge is 2.21. The van der Waals surface area contributed by atoms with Crippen molar-refractivity contribution < 1.29 is 14.7 Å². The van der Waals surface area contributed by atoms with Crippen molar-refractivity contribution in [2.45, 2.75) is 12.5 Å². The first-order chi connectivity index (χ1) is 10.2. The van der Waals surface area contributed by atoms with E-state index >= 15 is 0 Å². The monoisotopic (exact) mass is 305 g/mol. The number of carbonyl (C=O) groups excluding carboxylic acids is 1. The minimum Gasteiger partial charge on any atom is -0.479 e. The molecule has 0 bridgehead atoms. The molecule has 0 aliphatic heterocycles. The fourth-order valence-corrected chi connectivity index (χ4v) is 2.37. The van der Waals surface area contributed by atoms with Crippen LogP contribution in [0.5, 0.6) is 0 Å². The van der Waals surface area contributed by atoms with Gasteiger partial charge in [-0.3, -0.25) is 0 Å². The lowest BCUT2D eigenvalue weighted by molar-refractivity contribution is -0.139. The highest BCUT2D eigenvalue weighted by Crippen LogP contribution is 2.12. The maximum absolute atomic E-state index is 11.8. The van der Waals surface area contributed by atoms with Crippen LogP contribution in [0.25, 0.3) is 0 Å². The second kappa shape index (κ2) is 7.39. The topological polar surface area (TPSA) is 91.3 Å². The quantitative estimate of drug-likeness (QED) is 0.759. The van der Waals surface area contributed by atoms with E-state index < -0.39 is 18.0 Å². The van der Waals surface area contributed by atoms with E-state index in [1.165, 1.54) is 11.3 Å². The largest absolute Gasteiger partial charge is 0.479 e. The van der Waals surface area contributed by atoms with Crippen molar-refractivity contribution in [3.63, 3.8) is 0 Å². The van der Waals surface area contributed by atoms with Gasteiger partial charge in [0, 0.05) is 18.3 Å². The smallest absolute Gasteiger partial charge is 0.330 e. The summed E-state index contributed by atoms with van der Waals surface area (Å²) < 4.78 is 0. The van der Waals surface area contributed by atoms with Crippen LogP contribution in [0.1, 0.15) is 17.3 Å². The molecule has 110 valence electrons. The van der Waals surface area contributed by atoms with Crippen molar-refractivity contribution in [1.82, 2.24) is 15.6 Å². The molecule has 2 aromatic rings. The Bertz CT molecular complexity index is 587. The first-order valence-corrected chi connectivity index (χ1v) is 7.30. The number of nitrogens with zero attached hydrogens (tertiary/aromatic N) is 1. The maximum atomic E-state index is 11.8. The van der Waals surface area contributed by atoms with Crippen LogP contribution in [0.2, 0.25) is 0 Å². The van der Waals surface area contributed by atoms with Crippen molar-refractivity contribution >= 4 is 23.3 Å². The SMILES string of the molecule is O=C(NCCc1cscn1)N[C@H](C(=O)O)c1ccccc1. The van der Waals surface area contributed by atoms with Gasteiger partial charge >= 0.3 is 12.0 Å². The normalized spacial score (nSPS) is 11.6. The van der Waals surface area contributed by atoms with Crippen LogP contribution in [0.4, 0.5) is 4.79 Å². The predicted octanol–water partition coefficient (Wildman–Crippen LogP) is 1.81. The van der Waals surface area contributed by atoms with Gasteiger partial charge in [0.05, 0.1) is 11.2 Å². The minimum absolute atomic E-state index is 0.399. The van der Waals surface area contributed by atoms with E-state index in [2.05, 4.69) is 15.6 Å². The Labute approximate surface area is 125 Å². The van der Waals surface area contributed by atoms with E-state index in [1.54, 1.807) is 35.8 Å². The number of rotatable bonds is 6. The van der Waals surface area contributed by atoms with Gasteiger partial charge < -0.3 is 15.7 Å². The van der Waals surface area contributed by atoms with Gasteiger partial charge in [0.2, 0.25) is 0 Å². The molecule has 0 aliphatic rings. The molecule has 0 saturated heterocycles. The predicted molar refractivity (Wildman–Crippen MR) is 79.2 cm³/mol. The van der Waals surface area contributed by atoms with Crippen LogP contribution < -0.4 is 10.6 Å². The van der Waals surface area contributed by atoms with Gasteiger partial charge in [0.1, 0.15) is 0 Å². The van der Waals surface area contributed by atoms with Crippen molar-refractivity contribution in [3.8, 4) is 0 Å². The van der Waals surface area contributed by atoms with Gasteiger partial charge in [-0.1, -0.05) is 30.3 Å². The summed E-state index contributed by atoms with van der Waals surface area (Å²) in [7, 11) is 0. The van der Waals surface area contributed by atoms with Crippen molar-refractivity contribution in [2.24, 2.45) is 0 Å². The summed E-state index contributed by atoms with van der Waals surface area (Å²) in [5.41, 5.74) is 3.16. The molecule has 0 saturated carbocycles. The highest BCUT2D eigenvalue weighted by atomic mass is 32.1. The second-order valence-electron chi connectivity index (χ2n) is 4.31. The van der Waals surface area contributed by atoms with E-state index in [0.29, 0.717) is 18.5 Å². The Balaban J connectivity index is 1.85. The lowest BCUT2D eigenvalue weighted by atomic mass is 10.1. The summed E-state index contributed by atoms with van der Waals surface area (Å²) in [4.78, 5) is 27.1. The van der Waals surface area contributed by atoms with Gasteiger partial charge in [-0.25, -0.2) is 14.6 Å². The molecule has 21 heavy (non-hydrogen) atoms. The third-order valence-corrected chi connectivity index (χ3v) is 3.44. The molecule has 0 radical (unpaired) electrons. The number of thiazole rings is 1. The number of aliphatic carboxylic acids is 1. The number of benzene rings is 1. The van der Waals surface area contributed by atoms with Crippen LogP contribution in [0, 0.1) is 0 Å². The molecule has 1 aromatic heterocycles. The number of urea groups is 1. The molecule has 6 nitrogen and oxygen atoms in total. The lowest BCUT2D eigenvalue weighted by Crippen LogP contribution is -2.41. The third-order valence-electron chi connectivity index (χ3n) is 2.81. The molecule has 2 amide bonds. The molecule has 1 heterocycles. The van der Waals surface area contributed by atoms with E-state index in [-0.39, 0.29) is 0 Å². The second-order valence-corrected chi connectivity index (χ2v) is 5.03. The molecule has 2 rings (SSSR count). The molecule has 7 heteroatoms. The number of amides is 2. The molecule has 1 atom stereocenters. The van der Waals surface area contributed by atoms with Crippen LogP contribution in [-0.2, 0) is 11.2 Å². The average molecular weight is 305 g/mol. The molecular weight excluding hydrogens is 290 g/mol. The van der Waals surface area contributed by atoms with Gasteiger partial charge in [-0.2, -0.15) is 0 Å². The summed E-state index contributed by atoms with van der Waals surface area (Å²) in [6.07, 6.45) is 0.611. The standard InChI is InChI=1S/C14H15N3O3S/c18-13(19)12(10-4-2-1-3-5-10)17-14(20)15-7-6-11-8-21-9-16-11/h1-5,8-9,12H,6-7H2,(H,18,19)(H2,15,17,20)/t12-/m0/s1. The zero-order chi connectivity index (χ0) is 15.1. The first-order valence-electron chi connectivity index (χ1n) is 6.36. The van der Waals surface area contributed by atoms with E-state index in [1.807, 2.05) is 5.38 Å². The van der Waals surface area contributed by atoms with Gasteiger partial charge in [0.25, 0.3) is 0 Å². The van der Waals surface area contributed by atoms with Crippen LogP contribution in [0.3, 0.4) is 0 Å². The van der Waals surface area contributed by atoms with Gasteiger partial charge in [-0.05, 0) is 5.56 Å². The number of carboxylic acid groups (broad SMARTS) is 1. The average Bonchev–Trinajstić information content (AvgIpc) is 2.98. The van der Waals surface area contributed by atoms with Crippen LogP contribution in [-0.4, -0.2) is 28.6 Å². The number of carboxylic acids is 1. The Kier molecular flexibility index (Phi) is 5.28. The molecule has 3 N–H and O–H groups in total. The van der Waals surface area contributed by atoms with Crippen molar-refractivity contribution in [3.05, 3.63) is 52.5 Å². The Hall–Kier alpha value is -2.41. The van der Waals surface area contributed by atoms with Gasteiger partial charge in [0.15, 0.2) is 6.04 Å². The Morgan fingerprint density at radius 3 is 2.67 bits per heavy atom. The number of nitrogens with one attached hydrogen (secondary N) is 2.